The van der Waals surface area contributed by atoms with Gasteiger partial charge in [0.15, 0.2) is 0 Å². The molecule has 2 N–H and O–H groups in total. The van der Waals surface area contributed by atoms with E-state index in [0.29, 0.717) is 0 Å². The van der Waals surface area contributed by atoms with Crippen LogP contribution in [-0.2, 0) is 13.0 Å². The molecule has 2 nitrogen and oxygen atoms in total. The molecule has 1 heterocycles. The zero-order chi connectivity index (χ0) is 14.1. The van der Waals surface area contributed by atoms with Crippen LogP contribution in [0.1, 0.15) is 29.5 Å². The lowest BCUT2D eigenvalue weighted by atomic mass is 10.0. The molecular weight excluding hydrogens is 256 g/mol. The summed E-state index contributed by atoms with van der Waals surface area (Å²) < 4.78 is 0. The first-order valence-corrected chi connectivity index (χ1v) is 7.75. The second-order valence-corrected chi connectivity index (χ2v) is 6.01. The number of hydrogen-bond donors (Lipinski definition) is 2. The molecule has 0 unspecified atom stereocenters. The van der Waals surface area contributed by atoms with Crippen molar-refractivity contribution in [2.24, 2.45) is 0 Å². The Bertz CT molecular complexity index is 739. The highest BCUT2D eigenvalue weighted by molar-refractivity contribution is 5.83. The normalized spacial score (nSPS) is 14.7. The SMILES string of the molecule is c1ccc(Cc2ccc3c(CNC4CC4)c[nH]c3c2)cc1. The first kappa shape index (κ1) is 12.7. The zero-order valence-corrected chi connectivity index (χ0v) is 12.1. The lowest BCUT2D eigenvalue weighted by Crippen LogP contribution is -2.14. The van der Waals surface area contributed by atoms with Crippen LogP contribution in [0.5, 0.6) is 0 Å². The average Bonchev–Trinajstić information content (AvgIpc) is 3.26. The fourth-order valence-electron chi connectivity index (χ4n) is 2.86. The van der Waals surface area contributed by atoms with E-state index in [9.17, 15) is 0 Å². The molecule has 106 valence electrons. The van der Waals surface area contributed by atoms with Crippen molar-refractivity contribution < 1.29 is 0 Å². The number of aromatic nitrogens is 1. The highest BCUT2D eigenvalue weighted by atomic mass is 14.9. The fourth-order valence-corrected chi connectivity index (χ4v) is 2.86. The van der Waals surface area contributed by atoms with E-state index in [2.05, 4.69) is 65.0 Å². The molecule has 0 saturated heterocycles. The van der Waals surface area contributed by atoms with Gasteiger partial charge in [0.1, 0.15) is 0 Å². The Morgan fingerprint density at radius 3 is 2.67 bits per heavy atom. The summed E-state index contributed by atoms with van der Waals surface area (Å²) in [6.07, 6.45) is 5.81. The van der Waals surface area contributed by atoms with Crippen LogP contribution in [0.25, 0.3) is 10.9 Å². The van der Waals surface area contributed by atoms with Crippen LogP contribution in [0.2, 0.25) is 0 Å². The van der Waals surface area contributed by atoms with Gasteiger partial charge in [-0.2, -0.15) is 0 Å². The molecule has 1 aromatic heterocycles. The molecule has 2 aromatic carbocycles. The molecule has 1 aliphatic rings. The second kappa shape index (κ2) is 5.38. The van der Waals surface area contributed by atoms with Crippen LogP contribution in [0, 0.1) is 0 Å². The van der Waals surface area contributed by atoms with E-state index in [0.717, 1.165) is 19.0 Å². The van der Waals surface area contributed by atoms with E-state index in [-0.39, 0.29) is 0 Å². The highest BCUT2D eigenvalue weighted by Crippen LogP contribution is 2.23. The Labute approximate surface area is 125 Å². The van der Waals surface area contributed by atoms with Crippen molar-refractivity contribution in [1.82, 2.24) is 10.3 Å². The van der Waals surface area contributed by atoms with Crippen LogP contribution in [0.4, 0.5) is 0 Å². The summed E-state index contributed by atoms with van der Waals surface area (Å²) in [4.78, 5) is 3.42. The third-order valence-electron chi connectivity index (χ3n) is 4.24. The number of H-pyrrole nitrogens is 1. The third-order valence-corrected chi connectivity index (χ3v) is 4.24. The number of fused-ring (bicyclic) bond motifs is 1. The van der Waals surface area contributed by atoms with Gasteiger partial charge in [0, 0.05) is 29.7 Å². The number of rotatable bonds is 5. The molecule has 0 spiro atoms. The van der Waals surface area contributed by atoms with Gasteiger partial charge in [0.2, 0.25) is 0 Å². The second-order valence-electron chi connectivity index (χ2n) is 6.01. The first-order chi connectivity index (χ1) is 10.4. The number of benzene rings is 2. The highest BCUT2D eigenvalue weighted by Gasteiger charge is 2.20. The molecule has 0 aliphatic heterocycles. The topological polar surface area (TPSA) is 27.8 Å². The molecule has 3 aromatic rings. The summed E-state index contributed by atoms with van der Waals surface area (Å²) in [5, 5.41) is 4.93. The van der Waals surface area contributed by atoms with Crippen molar-refractivity contribution in [3.05, 3.63) is 71.4 Å². The van der Waals surface area contributed by atoms with Crippen molar-refractivity contribution in [2.45, 2.75) is 31.8 Å². The van der Waals surface area contributed by atoms with Crippen molar-refractivity contribution in [3.63, 3.8) is 0 Å². The van der Waals surface area contributed by atoms with Gasteiger partial charge in [-0.05, 0) is 42.0 Å². The maximum atomic E-state index is 3.59. The van der Waals surface area contributed by atoms with Crippen molar-refractivity contribution in [1.29, 1.82) is 0 Å². The Morgan fingerprint density at radius 1 is 1.00 bits per heavy atom. The van der Waals surface area contributed by atoms with Crippen molar-refractivity contribution in [3.8, 4) is 0 Å². The molecule has 21 heavy (non-hydrogen) atoms. The van der Waals surface area contributed by atoms with Crippen molar-refractivity contribution >= 4 is 10.9 Å². The van der Waals surface area contributed by atoms with Crippen molar-refractivity contribution in [2.75, 3.05) is 0 Å². The van der Waals surface area contributed by atoms with Crippen LogP contribution in [0.3, 0.4) is 0 Å². The Balaban J connectivity index is 1.55. The molecule has 4 rings (SSSR count). The molecule has 1 fully saturated rings. The standard InChI is InChI=1S/C19H20N2/c1-2-4-14(5-3-1)10-15-6-9-18-16(12-20-17-7-8-17)13-21-19(18)11-15/h1-6,9,11,13,17,20-21H,7-8,10,12H2. The fraction of sp³-hybridized carbons (Fsp3) is 0.263. The summed E-state index contributed by atoms with van der Waals surface area (Å²) >= 11 is 0. The monoisotopic (exact) mass is 276 g/mol. The molecule has 0 bridgehead atoms. The minimum Gasteiger partial charge on any atom is -0.361 e. The van der Waals surface area contributed by atoms with E-state index in [1.807, 2.05) is 0 Å². The van der Waals surface area contributed by atoms with Crippen LogP contribution in [-0.4, -0.2) is 11.0 Å². The van der Waals surface area contributed by atoms with Gasteiger partial charge in [-0.3, -0.25) is 0 Å². The zero-order valence-electron chi connectivity index (χ0n) is 12.1. The summed E-state index contributed by atoms with van der Waals surface area (Å²) in [6, 6.07) is 18.2. The quantitative estimate of drug-likeness (QED) is 0.724. The Kier molecular flexibility index (Phi) is 3.24. The number of aromatic amines is 1. The van der Waals surface area contributed by atoms with Gasteiger partial charge in [0.05, 0.1) is 0 Å². The van der Waals surface area contributed by atoms with Crippen LogP contribution >= 0.6 is 0 Å². The smallest absolute Gasteiger partial charge is 0.0460 e. The maximum Gasteiger partial charge on any atom is 0.0460 e. The summed E-state index contributed by atoms with van der Waals surface area (Å²) in [5.41, 5.74) is 5.34. The molecule has 2 heteroatoms. The average molecular weight is 276 g/mol. The van der Waals surface area contributed by atoms with Gasteiger partial charge < -0.3 is 10.3 Å². The molecule has 1 aliphatic carbocycles. The van der Waals surface area contributed by atoms with Gasteiger partial charge in [-0.25, -0.2) is 0 Å². The van der Waals surface area contributed by atoms with E-state index in [1.165, 1.54) is 40.4 Å². The summed E-state index contributed by atoms with van der Waals surface area (Å²) in [7, 11) is 0. The van der Waals surface area contributed by atoms with Gasteiger partial charge in [-0.15, -0.1) is 0 Å². The molecule has 0 amide bonds. The summed E-state index contributed by atoms with van der Waals surface area (Å²) in [5.74, 6) is 0. The number of hydrogen-bond acceptors (Lipinski definition) is 1. The van der Waals surface area contributed by atoms with E-state index in [1.54, 1.807) is 0 Å². The van der Waals surface area contributed by atoms with Gasteiger partial charge in [-0.1, -0.05) is 42.5 Å². The lowest BCUT2D eigenvalue weighted by Gasteiger charge is -2.04. The van der Waals surface area contributed by atoms with E-state index in [4.69, 9.17) is 0 Å². The third kappa shape index (κ3) is 2.86. The van der Waals surface area contributed by atoms with Crippen LogP contribution in [0.15, 0.2) is 54.7 Å². The first-order valence-electron chi connectivity index (χ1n) is 7.75. The minimum atomic E-state index is 0.757. The van der Waals surface area contributed by atoms with Gasteiger partial charge >= 0.3 is 0 Å². The largest absolute Gasteiger partial charge is 0.361 e. The predicted octanol–water partition coefficient (Wildman–Crippen LogP) is 4.01. The Morgan fingerprint density at radius 2 is 1.86 bits per heavy atom. The lowest BCUT2D eigenvalue weighted by molar-refractivity contribution is 0.691. The number of nitrogens with one attached hydrogen (secondary N) is 2. The predicted molar refractivity (Wildman–Crippen MR) is 87.4 cm³/mol. The van der Waals surface area contributed by atoms with E-state index >= 15 is 0 Å². The summed E-state index contributed by atoms with van der Waals surface area (Å²) in [6.45, 7) is 0.975. The molecule has 0 radical (unpaired) electrons. The van der Waals surface area contributed by atoms with Gasteiger partial charge in [0.25, 0.3) is 0 Å². The van der Waals surface area contributed by atoms with Crippen LogP contribution < -0.4 is 5.32 Å². The Hall–Kier alpha value is -2.06. The molecule has 1 saturated carbocycles. The van der Waals surface area contributed by atoms with E-state index < -0.39 is 0 Å². The minimum absolute atomic E-state index is 0.757. The molecular formula is C19H20N2. The molecule has 0 atom stereocenters. The maximum absolute atomic E-state index is 3.59.